The van der Waals surface area contributed by atoms with Crippen LogP contribution in [0.3, 0.4) is 0 Å². The molecule has 54 valence electrons. The van der Waals surface area contributed by atoms with Crippen molar-refractivity contribution < 1.29 is 18.9 Å². The van der Waals surface area contributed by atoms with E-state index in [9.17, 15) is 14.2 Å². The van der Waals surface area contributed by atoms with Crippen molar-refractivity contribution >= 4 is 20.4 Å². The van der Waals surface area contributed by atoms with Crippen LogP contribution in [-0.4, -0.2) is 17.6 Å². The van der Waals surface area contributed by atoms with E-state index in [-0.39, 0.29) is 14.9 Å². The van der Waals surface area contributed by atoms with E-state index in [1.165, 1.54) is 0 Å². The van der Waals surface area contributed by atoms with Gasteiger partial charge in [-0.25, -0.2) is 0 Å². The number of rotatable bonds is 1. The smallest absolute Gasteiger partial charge is 0.328 e. The quantitative estimate of drug-likeness (QED) is 0.318. The summed E-state index contributed by atoms with van der Waals surface area (Å²) in [7, 11) is -0.260. The lowest BCUT2D eigenvalue weighted by Crippen LogP contribution is -2.27. The molecule has 1 rings (SSSR count). The Morgan fingerprint density at radius 2 is 2.20 bits per heavy atom. The highest BCUT2D eigenvalue weighted by molar-refractivity contribution is 7.26. The van der Waals surface area contributed by atoms with Crippen LogP contribution in [0.15, 0.2) is 0 Å². The second-order valence-corrected chi connectivity index (χ2v) is 2.79. The van der Waals surface area contributed by atoms with E-state index < -0.39 is 17.6 Å². The zero-order valence-corrected chi connectivity index (χ0v) is 5.97. The maximum absolute atomic E-state index is 10.6. The summed E-state index contributed by atoms with van der Waals surface area (Å²) in [5, 5.41) is 0. The molecule has 0 aromatic rings. The van der Waals surface area contributed by atoms with Crippen LogP contribution in [0.1, 0.15) is 12.8 Å². The molecule has 0 saturated carbocycles. The van der Waals surface area contributed by atoms with E-state index in [0.717, 1.165) is 0 Å². The summed E-state index contributed by atoms with van der Waals surface area (Å²) in [6.07, 6.45) is 0.522. The predicted molar refractivity (Wildman–Crippen MR) is 31.7 cm³/mol. The van der Waals surface area contributed by atoms with Gasteiger partial charge in [0.05, 0.1) is 0 Å². The van der Waals surface area contributed by atoms with Crippen LogP contribution in [0.4, 0.5) is 0 Å². The monoisotopic (exact) mass is 160 g/mol. The Labute approximate surface area is 58.7 Å². The van der Waals surface area contributed by atoms with Crippen molar-refractivity contribution in [2.24, 2.45) is 0 Å². The van der Waals surface area contributed by atoms with Gasteiger partial charge in [-0.3, -0.25) is 14.2 Å². The van der Waals surface area contributed by atoms with Crippen LogP contribution in [0.2, 0.25) is 0 Å². The van der Waals surface area contributed by atoms with Gasteiger partial charge in [0.2, 0.25) is 0 Å². The van der Waals surface area contributed by atoms with Gasteiger partial charge >= 0.3 is 11.9 Å². The summed E-state index contributed by atoms with van der Waals surface area (Å²) in [5.41, 5.74) is -0.627. The van der Waals surface area contributed by atoms with Crippen molar-refractivity contribution in [1.29, 1.82) is 0 Å². The highest BCUT2D eigenvalue weighted by Gasteiger charge is 2.29. The van der Waals surface area contributed by atoms with Gasteiger partial charge in [0.25, 0.3) is 0 Å². The van der Waals surface area contributed by atoms with Crippen molar-refractivity contribution in [2.75, 3.05) is 0 Å². The van der Waals surface area contributed by atoms with Gasteiger partial charge in [0.1, 0.15) is 5.66 Å². The molecule has 4 nitrogen and oxygen atoms in total. The third kappa shape index (κ3) is 1.39. The first-order valence-electron chi connectivity index (χ1n) is 2.81. The molecule has 1 aliphatic heterocycles. The second-order valence-electron chi connectivity index (χ2n) is 1.95. The van der Waals surface area contributed by atoms with Crippen molar-refractivity contribution in [3.05, 3.63) is 0 Å². The van der Waals surface area contributed by atoms with Crippen LogP contribution >= 0.6 is 8.46 Å². The fraction of sp³-hybridized carbons (Fsp3) is 0.600. The third-order valence-corrected chi connectivity index (χ3v) is 1.96. The molecular formula is C5H5O4P. The molecule has 0 aliphatic carbocycles. The second kappa shape index (κ2) is 2.88. The molecule has 1 heterocycles. The Morgan fingerprint density at radius 1 is 1.50 bits per heavy atom. The maximum Gasteiger partial charge on any atom is 0.328 e. The lowest BCUT2D eigenvalue weighted by Gasteiger charge is -2.12. The van der Waals surface area contributed by atoms with E-state index in [2.05, 4.69) is 4.74 Å². The molecule has 1 unspecified atom stereocenters. The van der Waals surface area contributed by atoms with Crippen LogP contribution in [0.25, 0.3) is 0 Å². The average molecular weight is 160 g/mol. The third-order valence-electron chi connectivity index (χ3n) is 1.24. The highest BCUT2D eigenvalue weighted by Crippen LogP contribution is 2.19. The van der Waals surface area contributed by atoms with Gasteiger partial charge in [0.15, 0.2) is 8.46 Å². The van der Waals surface area contributed by atoms with Crippen LogP contribution in [-0.2, 0) is 18.9 Å². The van der Waals surface area contributed by atoms with E-state index in [1.807, 2.05) is 0 Å². The molecule has 1 fully saturated rings. The first-order chi connectivity index (χ1) is 4.74. The molecule has 0 N–H and O–H groups in total. The van der Waals surface area contributed by atoms with Gasteiger partial charge < -0.3 is 4.74 Å². The molecule has 0 aromatic heterocycles. The minimum absolute atomic E-state index is 0.186. The number of cyclic esters (lactones) is 2. The standard InChI is InChI=1S/C5H5O4P/c6-4-2-1-3(10-8)5(7)9-4/h3H,1-2H2. The summed E-state index contributed by atoms with van der Waals surface area (Å²) in [4.78, 5) is 21.0. The minimum atomic E-state index is -0.673. The Hall–Kier alpha value is -0.760. The zero-order valence-electron chi connectivity index (χ0n) is 5.07. The van der Waals surface area contributed by atoms with Gasteiger partial charge in [-0.2, -0.15) is 0 Å². The number of ether oxygens (including phenoxy) is 1. The number of carbonyl (C=O) groups excluding carboxylic acids is 2. The largest absolute Gasteiger partial charge is 0.392 e. The SMILES string of the molecule is O=PC1CCC(=O)OC1=O. The summed E-state index contributed by atoms with van der Waals surface area (Å²) in [6, 6.07) is 0. The number of hydrogen-bond acceptors (Lipinski definition) is 4. The van der Waals surface area contributed by atoms with Crippen LogP contribution < -0.4 is 0 Å². The molecular weight excluding hydrogens is 155 g/mol. The van der Waals surface area contributed by atoms with E-state index >= 15 is 0 Å². The fourth-order valence-electron chi connectivity index (χ4n) is 0.699. The highest BCUT2D eigenvalue weighted by atomic mass is 31.1. The van der Waals surface area contributed by atoms with E-state index in [0.29, 0.717) is 6.42 Å². The molecule has 1 aliphatic rings. The van der Waals surface area contributed by atoms with E-state index in [4.69, 9.17) is 0 Å². The average Bonchev–Trinajstić information content (AvgIpc) is 1.88. The van der Waals surface area contributed by atoms with Crippen LogP contribution in [0, 0.1) is 0 Å². The fourth-order valence-corrected chi connectivity index (χ4v) is 1.07. The number of carbonyl (C=O) groups is 2. The first kappa shape index (κ1) is 7.35. The van der Waals surface area contributed by atoms with Gasteiger partial charge in [-0.1, -0.05) is 0 Å². The summed E-state index contributed by atoms with van der Waals surface area (Å²) >= 11 is 0. The first-order valence-corrected chi connectivity index (χ1v) is 3.69. The Balaban J connectivity index is 2.59. The normalized spacial score (nSPS) is 26.6. The minimum Gasteiger partial charge on any atom is -0.392 e. The number of hydrogen-bond donors (Lipinski definition) is 0. The Kier molecular flexibility index (Phi) is 2.12. The lowest BCUT2D eigenvalue weighted by molar-refractivity contribution is -0.162. The van der Waals surface area contributed by atoms with Crippen molar-refractivity contribution in [1.82, 2.24) is 0 Å². The Morgan fingerprint density at radius 3 is 2.70 bits per heavy atom. The summed E-state index contributed by atoms with van der Waals surface area (Å²) in [6.45, 7) is 0. The van der Waals surface area contributed by atoms with Crippen LogP contribution in [0.5, 0.6) is 0 Å². The molecule has 5 heteroatoms. The molecule has 0 aromatic carbocycles. The molecule has 10 heavy (non-hydrogen) atoms. The van der Waals surface area contributed by atoms with Gasteiger partial charge in [0, 0.05) is 6.42 Å². The molecule has 0 amide bonds. The molecule has 0 spiro atoms. The lowest BCUT2D eigenvalue weighted by atomic mass is 10.2. The van der Waals surface area contributed by atoms with Gasteiger partial charge in [-0.05, 0) is 6.42 Å². The number of esters is 2. The molecule has 0 radical (unpaired) electrons. The van der Waals surface area contributed by atoms with Crippen molar-refractivity contribution in [3.8, 4) is 0 Å². The summed E-state index contributed by atoms with van der Waals surface area (Å²) < 4.78 is 14.4. The predicted octanol–water partition coefficient (Wildman–Crippen LogP) is 0.510. The molecule has 1 atom stereocenters. The van der Waals surface area contributed by atoms with E-state index in [1.54, 1.807) is 0 Å². The summed E-state index contributed by atoms with van der Waals surface area (Å²) in [5.74, 6) is -1.20. The molecule has 1 saturated heterocycles. The zero-order chi connectivity index (χ0) is 7.56. The van der Waals surface area contributed by atoms with Crippen molar-refractivity contribution in [2.45, 2.75) is 18.5 Å². The Bertz CT molecular complexity index is 188. The molecule has 0 bridgehead atoms. The van der Waals surface area contributed by atoms with Gasteiger partial charge in [-0.15, -0.1) is 0 Å². The van der Waals surface area contributed by atoms with Crippen molar-refractivity contribution in [3.63, 3.8) is 0 Å². The maximum atomic E-state index is 10.6. The topological polar surface area (TPSA) is 60.4 Å².